The van der Waals surface area contributed by atoms with E-state index < -0.39 is 9.84 Å². The van der Waals surface area contributed by atoms with Gasteiger partial charge < -0.3 is 0 Å². The molecule has 0 saturated carbocycles. The summed E-state index contributed by atoms with van der Waals surface area (Å²) >= 11 is 0. The Kier molecular flexibility index (Phi) is 3.61. The highest BCUT2D eigenvalue weighted by Crippen LogP contribution is 2.39. The highest BCUT2D eigenvalue weighted by Gasteiger charge is 2.54. The first-order valence-corrected chi connectivity index (χ1v) is 10.2. The van der Waals surface area contributed by atoms with Crippen molar-refractivity contribution in [2.75, 3.05) is 21.3 Å². The maximum absolute atomic E-state index is 13.3. The van der Waals surface area contributed by atoms with Crippen molar-refractivity contribution < 1.29 is 13.2 Å². The molecule has 4 rings (SSSR count). The summed E-state index contributed by atoms with van der Waals surface area (Å²) in [7, 11) is -3.17. The molecule has 2 atom stereocenters. The molecule has 25 heavy (non-hydrogen) atoms. The molecule has 2 amide bonds. The minimum Gasteiger partial charge on any atom is -0.288 e. The fraction of sp³-hybridized carbons (Fsp3) is 0.316. The first-order valence-electron chi connectivity index (χ1n) is 8.33. The lowest BCUT2D eigenvalue weighted by molar-refractivity contribution is 0.255. The third-order valence-corrected chi connectivity index (χ3v) is 6.94. The zero-order valence-corrected chi connectivity index (χ0v) is 15.0. The molecule has 2 aromatic rings. The number of fused-ring (bicyclic) bond motifs is 1. The molecule has 2 heterocycles. The minimum absolute atomic E-state index is 0.0136. The molecule has 0 radical (unpaired) electrons. The van der Waals surface area contributed by atoms with Gasteiger partial charge in [0, 0.05) is 11.4 Å². The number of para-hydroxylation sites is 1. The number of rotatable bonds is 2. The third kappa shape index (κ3) is 2.52. The molecule has 0 bridgehead atoms. The summed E-state index contributed by atoms with van der Waals surface area (Å²) in [4.78, 5) is 16.6. The second-order valence-corrected chi connectivity index (χ2v) is 8.94. The average molecular weight is 356 g/mol. The van der Waals surface area contributed by atoms with E-state index in [2.05, 4.69) is 0 Å². The number of aryl methyl sites for hydroxylation is 1. The highest BCUT2D eigenvalue weighted by molar-refractivity contribution is 7.91. The number of hydrogen-bond acceptors (Lipinski definition) is 3. The number of nitrogens with zero attached hydrogens (tertiary/aromatic N) is 2. The molecule has 6 heteroatoms. The van der Waals surface area contributed by atoms with E-state index in [0.29, 0.717) is 0 Å². The molecule has 0 aliphatic carbocycles. The van der Waals surface area contributed by atoms with Gasteiger partial charge in [0.1, 0.15) is 0 Å². The zero-order valence-electron chi connectivity index (χ0n) is 14.2. The summed E-state index contributed by atoms with van der Waals surface area (Å²) in [6.07, 6.45) is 0. The Hall–Kier alpha value is -2.34. The monoisotopic (exact) mass is 356 g/mol. The maximum Gasteiger partial charge on any atom is 0.329 e. The van der Waals surface area contributed by atoms with Crippen molar-refractivity contribution >= 4 is 27.2 Å². The quantitative estimate of drug-likeness (QED) is 0.778. The molecule has 130 valence electrons. The lowest BCUT2D eigenvalue weighted by Crippen LogP contribution is -2.38. The van der Waals surface area contributed by atoms with Gasteiger partial charge in [-0.1, -0.05) is 30.3 Å². The average Bonchev–Trinajstić information content (AvgIpc) is 3.00. The number of amides is 2. The van der Waals surface area contributed by atoms with Crippen LogP contribution in [0.5, 0.6) is 0 Å². The number of urea groups is 1. The molecule has 2 aliphatic heterocycles. The fourth-order valence-corrected chi connectivity index (χ4v) is 5.79. The fourth-order valence-electron chi connectivity index (χ4n) is 3.87. The third-order valence-electron chi connectivity index (χ3n) is 5.24. The lowest BCUT2D eigenvalue weighted by Gasteiger charge is -2.24. The van der Waals surface area contributed by atoms with E-state index in [-0.39, 0.29) is 29.6 Å². The molecule has 2 saturated heterocycles. The predicted molar refractivity (Wildman–Crippen MR) is 98.9 cm³/mol. The van der Waals surface area contributed by atoms with Gasteiger partial charge in [0.25, 0.3) is 0 Å². The zero-order chi connectivity index (χ0) is 17.8. The van der Waals surface area contributed by atoms with Crippen LogP contribution in [0.2, 0.25) is 0 Å². The Morgan fingerprint density at radius 2 is 1.52 bits per heavy atom. The van der Waals surface area contributed by atoms with Crippen molar-refractivity contribution in [3.63, 3.8) is 0 Å². The van der Waals surface area contributed by atoms with E-state index >= 15 is 0 Å². The lowest BCUT2D eigenvalue weighted by atomic mass is 10.1. The Labute approximate surface area is 147 Å². The smallest absolute Gasteiger partial charge is 0.288 e. The van der Waals surface area contributed by atoms with Gasteiger partial charge in [-0.3, -0.25) is 9.80 Å². The molecule has 0 N–H and O–H groups in total. The molecule has 0 unspecified atom stereocenters. The van der Waals surface area contributed by atoms with Crippen molar-refractivity contribution in [3.8, 4) is 0 Å². The van der Waals surface area contributed by atoms with Crippen LogP contribution in [-0.4, -0.2) is 38.0 Å². The van der Waals surface area contributed by atoms with Crippen LogP contribution in [0.15, 0.2) is 48.5 Å². The van der Waals surface area contributed by atoms with Crippen molar-refractivity contribution in [3.05, 3.63) is 59.7 Å². The Balaban J connectivity index is 1.85. The van der Waals surface area contributed by atoms with Gasteiger partial charge in [-0.05, 0) is 43.2 Å². The van der Waals surface area contributed by atoms with Crippen LogP contribution < -0.4 is 9.80 Å². The first kappa shape index (κ1) is 16.1. The van der Waals surface area contributed by atoms with Gasteiger partial charge in [0.2, 0.25) is 0 Å². The van der Waals surface area contributed by atoms with E-state index in [0.717, 1.165) is 22.5 Å². The van der Waals surface area contributed by atoms with Gasteiger partial charge in [0.15, 0.2) is 9.84 Å². The van der Waals surface area contributed by atoms with Crippen molar-refractivity contribution in [1.29, 1.82) is 0 Å². The normalized spacial score (nSPS) is 24.6. The molecule has 2 aliphatic rings. The molecule has 0 spiro atoms. The van der Waals surface area contributed by atoms with Gasteiger partial charge in [-0.2, -0.15) is 0 Å². The SMILES string of the molecule is Cc1cccc(N2C(=O)N(c3ccccc3)[C@@H]3CS(=O)(=O)C[C@H]32)c1C. The van der Waals surface area contributed by atoms with Crippen LogP contribution in [0, 0.1) is 13.8 Å². The molecular weight excluding hydrogens is 336 g/mol. The second-order valence-electron chi connectivity index (χ2n) is 6.79. The van der Waals surface area contributed by atoms with E-state index in [1.165, 1.54) is 0 Å². The first-order chi connectivity index (χ1) is 11.9. The number of benzene rings is 2. The van der Waals surface area contributed by atoms with Crippen molar-refractivity contribution in [2.24, 2.45) is 0 Å². The number of anilines is 2. The largest absolute Gasteiger partial charge is 0.329 e. The molecule has 5 nitrogen and oxygen atoms in total. The van der Waals surface area contributed by atoms with Crippen LogP contribution >= 0.6 is 0 Å². The maximum atomic E-state index is 13.3. The van der Waals surface area contributed by atoms with Gasteiger partial charge in [-0.15, -0.1) is 0 Å². The predicted octanol–water partition coefficient (Wildman–Crippen LogP) is 2.92. The Morgan fingerprint density at radius 1 is 0.880 bits per heavy atom. The summed E-state index contributed by atoms with van der Waals surface area (Å²) < 4.78 is 24.6. The Bertz CT molecular complexity index is 940. The Morgan fingerprint density at radius 3 is 2.20 bits per heavy atom. The molecule has 2 aromatic carbocycles. The van der Waals surface area contributed by atoms with Crippen LogP contribution in [0.1, 0.15) is 11.1 Å². The molecule has 0 aromatic heterocycles. The summed E-state index contributed by atoms with van der Waals surface area (Å²) in [6.45, 7) is 3.97. The van der Waals surface area contributed by atoms with Crippen LogP contribution in [-0.2, 0) is 9.84 Å². The topological polar surface area (TPSA) is 57.7 Å². The van der Waals surface area contributed by atoms with Crippen LogP contribution in [0.4, 0.5) is 16.2 Å². The van der Waals surface area contributed by atoms with E-state index in [1.54, 1.807) is 9.80 Å². The van der Waals surface area contributed by atoms with Gasteiger partial charge in [-0.25, -0.2) is 13.2 Å². The summed E-state index contributed by atoms with van der Waals surface area (Å²) in [6, 6.07) is 14.3. The van der Waals surface area contributed by atoms with Crippen LogP contribution in [0.3, 0.4) is 0 Å². The van der Waals surface area contributed by atoms with Crippen molar-refractivity contribution in [2.45, 2.75) is 25.9 Å². The standard InChI is InChI=1S/C19H20N2O3S/c1-13-7-6-10-16(14(13)2)21-18-12-25(23,24)11-17(18)20(19(21)22)15-8-4-3-5-9-15/h3-10,17-18H,11-12H2,1-2H3/t17-,18-/m1/s1. The molecular formula is C19H20N2O3S. The number of carbonyl (C=O) groups excluding carboxylic acids is 1. The molecule has 2 fully saturated rings. The number of carbonyl (C=O) groups is 1. The van der Waals surface area contributed by atoms with E-state index in [4.69, 9.17) is 0 Å². The summed E-state index contributed by atoms with van der Waals surface area (Å²) in [5.74, 6) is 0.0276. The van der Waals surface area contributed by atoms with Gasteiger partial charge >= 0.3 is 6.03 Å². The highest BCUT2D eigenvalue weighted by atomic mass is 32.2. The van der Waals surface area contributed by atoms with E-state index in [9.17, 15) is 13.2 Å². The number of sulfone groups is 1. The second kappa shape index (κ2) is 5.59. The number of hydrogen-bond donors (Lipinski definition) is 0. The summed E-state index contributed by atoms with van der Waals surface area (Å²) in [5, 5.41) is 0. The van der Waals surface area contributed by atoms with Crippen molar-refractivity contribution in [1.82, 2.24) is 0 Å². The minimum atomic E-state index is -3.17. The summed E-state index contributed by atoms with van der Waals surface area (Å²) in [5.41, 5.74) is 3.64. The van der Waals surface area contributed by atoms with Gasteiger partial charge in [0.05, 0.1) is 23.6 Å². The van der Waals surface area contributed by atoms with E-state index in [1.807, 2.05) is 62.4 Å². The van der Waals surface area contributed by atoms with Crippen LogP contribution in [0.25, 0.3) is 0 Å².